The van der Waals surface area contributed by atoms with E-state index < -0.39 is 9.84 Å². The van der Waals surface area contributed by atoms with Crippen molar-refractivity contribution >= 4 is 37.3 Å². The number of hydrogen-bond donors (Lipinski definition) is 1. The van der Waals surface area contributed by atoms with Crippen molar-refractivity contribution in [2.45, 2.75) is 12.8 Å². The third-order valence-corrected chi connectivity index (χ3v) is 4.74. The van der Waals surface area contributed by atoms with Crippen LogP contribution in [0.3, 0.4) is 0 Å². The van der Waals surface area contributed by atoms with Crippen LogP contribution in [0.1, 0.15) is 11.4 Å². The predicted molar refractivity (Wildman–Crippen MR) is 80.7 cm³/mol. The van der Waals surface area contributed by atoms with Gasteiger partial charge in [-0.1, -0.05) is 12.1 Å². The summed E-state index contributed by atoms with van der Waals surface area (Å²) in [6, 6.07) is 7.89. The highest BCUT2D eigenvalue weighted by Gasteiger charge is 2.08. The summed E-state index contributed by atoms with van der Waals surface area (Å²) in [7, 11) is -3.08. The second kappa shape index (κ2) is 6.32. The van der Waals surface area contributed by atoms with Gasteiger partial charge in [0, 0.05) is 25.6 Å². The molecule has 1 N–H and O–H groups in total. The van der Waals surface area contributed by atoms with Crippen LogP contribution >= 0.6 is 11.3 Å². The molecule has 0 aliphatic rings. The number of aromatic nitrogens is 1. The molecule has 5 nitrogen and oxygen atoms in total. The first-order valence-corrected chi connectivity index (χ1v) is 9.10. The van der Waals surface area contributed by atoms with E-state index >= 15 is 0 Å². The first kappa shape index (κ1) is 14.9. The van der Waals surface area contributed by atoms with E-state index in [9.17, 15) is 13.2 Å². The number of sulfone groups is 1. The number of hydrogen-bond acceptors (Lipinski definition) is 5. The molecule has 0 spiro atoms. The number of nitrogens with one attached hydrogen (secondary N) is 1. The number of nitrogens with zero attached hydrogens (tertiary/aromatic N) is 1. The molecule has 7 heteroatoms. The molecule has 2 rings (SSSR count). The van der Waals surface area contributed by atoms with Gasteiger partial charge in [-0.15, -0.1) is 11.3 Å². The molecular weight excluding hydrogens is 296 g/mol. The lowest BCUT2D eigenvalue weighted by atomic mass is 10.3. The maximum atomic E-state index is 11.5. The van der Waals surface area contributed by atoms with Crippen molar-refractivity contribution in [1.82, 2.24) is 10.3 Å². The van der Waals surface area contributed by atoms with Crippen LogP contribution in [-0.2, 0) is 21.1 Å². The second-order valence-corrected chi connectivity index (χ2v) is 7.93. The number of carbonyl (C=O) groups is 1. The topological polar surface area (TPSA) is 76.1 Å². The highest BCUT2D eigenvalue weighted by Crippen LogP contribution is 2.21. The number of benzene rings is 1. The summed E-state index contributed by atoms with van der Waals surface area (Å²) < 4.78 is 23.0. The Hall–Kier alpha value is -1.47. The SMILES string of the molecule is CS(=O)(=O)CCC(=O)NCCc1nc2ccccc2s1. The Morgan fingerprint density at radius 3 is 2.80 bits per heavy atom. The molecule has 1 aromatic heterocycles. The zero-order valence-electron chi connectivity index (χ0n) is 11.1. The Labute approximate surface area is 121 Å². The average molecular weight is 312 g/mol. The lowest BCUT2D eigenvalue weighted by Crippen LogP contribution is -2.27. The van der Waals surface area contributed by atoms with Crippen LogP contribution in [0.4, 0.5) is 0 Å². The Morgan fingerprint density at radius 1 is 1.35 bits per heavy atom. The molecule has 1 heterocycles. The van der Waals surface area contributed by atoms with Gasteiger partial charge in [-0.2, -0.15) is 0 Å². The van der Waals surface area contributed by atoms with Crippen molar-refractivity contribution < 1.29 is 13.2 Å². The molecule has 108 valence electrons. The Morgan fingerprint density at radius 2 is 2.10 bits per heavy atom. The van der Waals surface area contributed by atoms with E-state index in [1.54, 1.807) is 11.3 Å². The highest BCUT2D eigenvalue weighted by atomic mass is 32.2. The quantitative estimate of drug-likeness (QED) is 0.874. The van der Waals surface area contributed by atoms with Gasteiger partial charge < -0.3 is 5.32 Å². The van der Waals surface area contributed by atoms with Crippen LogP contribution in [0, 0.1) is 0 Å². The average Bonchev–Trinajstić information content (AvgIpc) is 2.78. The number of amides is 1. The molecule has 0 aliphatic carbocycles. The standard InChI is InChI=1S/C13H16N2O3S2/c1-20(17,18)9-7-12(16)14-8-6-13-15-10-4-2-3-5-11(10)19-13/h2-5H,6-9H2,1H3,(H,14,16). The van der Waals surface area contributed by atoms with E-state index in [-0.39, 0.29) is 18.1 Å². The normalized spacial score (nSPS) is 11.7. The summed E-state index contributed by atoms with van der Waals surface area (Å²) in [5.41, 5.74) is 0.968. The first-order valence-electron chi connectivity index (χ1n) is 6.23. The highest BCUT2D eigenvalue weighted by molar-refractivity contribution is 7.90. The van der Waals surface area contributed by atoms with Crippen molar-refractivity contribution in [3.63, 3.8) is 0 Å². The molecule has 20 heavy (non-hydrogen) atoms. The minimum Gasteiger partial charge on any atom is -0.356 e. The molecule has 0 bridgehead atoms. The van der Waals surface area contributed by atoms with Crippen LogP contribution in [0.2, 0.25) is 0 Å². The monoisotopic (exact) mass is 312 g/mol. The number of rotatable bonds is 6. The zero-order valence-corrected chi connectivity index (χ0v) is 12.8. The summed E-state index contributed by atoms with van der Waals surface area (Å²) >= 11 is 1.61. The predicted octanol–water partition coefficient (Wildman–Crippen LogP) is 1.39. The molecule has 1 aromatic carbocycles. The third kappa shape index (κ3) is 4.57. The fraction of sp³-hybridized carbons (Fsp3) is 0.385. The number of fused-ring (bicyclic) bond motifs is 1. The largest absolute Gasteiger partial charge is 0.356 e. The van der Waals surface area contributed by atoms with Crippen LogP contribution in [-0.4, -0.2) is 37.9 Å². The molecule has 0 aliphatic heterocycles. The van der Waals surface area contributed by atoms with Gasteiger partial charge in [0.1, 0.15) is 9.84 Å². The van der Waals surface area contributed by atoms with Crippen molar-refractivity contribution in [1.29, 1.82) is 0 Å². The summed E-state index contributed by atoms with van der Waals surface area (Å²) in [4.78, 5) is 15.9. The summed E-state index contributed by atoms with van der Waals surface area (Å²) in [5.74, 6) is -0.350. The molecule has 1 amide bonds. The second-order valence-electron chi connectivity index (χ2n) is 4.56. The Kier molecular flexibility index (Phi) is 4.72. The lowest BCUT2D eigenvalue weighted by Gasteiger charge is -2.02. The molecule has 0 radical (unpaired) electrons. The summed E-state index contributed by atoms with van der Waals surface area (Å²) in [5, 5.41) is 3.68. The molecule has 0 unspecified atom stereocenters. The minimum atomic E-state index is -3.08. The van der Waals surface area contributed by atoms with E-state index in [2.05, 4.69) is 10.3 Å². The van der Waals surface area contributed by atoms with E-state index in [0.29, 0.717) is 13.0 Å². The molecule has 0 saturated carbocycles. The lowest BCUT2D eigenvalue weighted by molar-refractivity contribution is -0.120. The Bertz CT molecular complexity index is 674. The van der Waals surface area contributed by atoms with Crippen molar-refractivity contribution in [3.05, 3.63) is 29.3 Å². The minimum absolute atomic E-state index is 0.0126. The number of thiazole rings is 1. The van der Waals surface area contributed by atoms with Crippen LogP contribution in [0.15, 0.2) is 24.3 Å². The fourth-order valence-corrected chi connectivity index (χ4v) is 3.23. The maximum absolute atomic E-state index is 11.5. The van der Waals surface area contributed by atoms with E-state index in [1.165, 1.54) is 0 Å². The van der Waals surface area contributed by atoms with Gasteiger partial charge in [0.05, 0.1) is 21.0 Å². The molecule has 0 atom stereocenters. The van der Waals surface area contributed by atoms with Gasteiger partial charge in [0.25, 0.3) is 0 Å². The van der Waals surface area contributed by atoms with Crippen LogP contribution in [0.5, 0.6) is 0 Å². The van der Waals surface area contributed by atoms with Crippen molar-refractivity contribution in [2.24, 2.45) is 0 Å². The summed E-state index contributed by atoms with van der Waals surface area (Å²) in [6.45, 7) is 0.475. The van der Waals surface area contributed by atoms with E-state index in [0.717, 1.165) is 21.5 Å². The molecule has 2 aromatic rings. The molecule has 0 saturated heterocycles. The molecule has 0 fully saturated rings. The fourth-order valence-electron chi connectivity index (χ4n) is 1.70. The maximum Gasteiger partial charge on any atom is 0.221 e. The smallest absolute Gasteiger partial charge is 0.221 e. The van der Waals surface area contributed by atoms with Gasteiger partial charge >= 0.3 is 0 Å². The van der Waals surface area contributed by atoms with Crippen LogP contribution < -0.4 is 5.32 Å². The third-order valence-electron chi connectivity index (χ3n) is 2.70. The van der Waals surface area contributed by atoms with Gasteiger partial charge in [0.2, 0.25) is 5.91 Å². The Balaban J connectivity index is 1.79. The summed E-state index contributed by atoms with van der Waals surface area (Å²) in [6.07, 6.45) is 1.80. The van der Waals surface area contributed by atoms with E-state index in [4.69, 9.17) is 0 Å². The van der Waals surface area contributed by atoms with Gasteiger partial charge in [-0.25, -0.2) is 13.4 Å². The molecular formula is C13H16N2O3S2. The van der Waals surface area contributed by atoms with Gasteiger partial charge in [0.15, 0.2) is 0 Å². The van der Waals surface area contributed by atoms with Crippen molar-refractivity contribution in [2.75, 3.05) is 18.6 Å². The number of para-hydroxylation sites is 1. The zero-order chi connectivity index (χ0) is 14.6. The van der Waals surface area contributed by atoms with Gasteiger partial charge in [-0.3, -0.25) is 4.79 Å². The van der Waals surface area contributed by atoms with E-state index in [1.807, 2.05) is 24.3 Å². The van der Waals surface area contributed by atoms with Crippen LogP contribution in [0.25, 0.3) is 10.2 Å². The number of carbonyl (C=O) groups excluding carboxylic acids is 1. The van der Waals surface area contributed by atoms with Gasteiger partial charge in [-0.05, 0) is 12.1 Å². The first-order chi connectivity index (χ1) is 9.44. The van der Waals surface area contributed by atoms with Crippen molar-refractivity contribution in [3.8, 4) is 0 Å².